The molecule has 2 atom stereocenters. The summed E-state index contributed by atoms with van der Waals surface area (Å²) in [5.41, 5.74) is 0.220. The van der Waals surface area contributed by atoms with Crippen molar-refractivity contribution in [1.29, 1.82) is 0 Å². The molecule has 31 heavy (non-hydrogen) atoms. The smallest absolute Gasteiger partial charge is 0.336 e. The first kappa shape index (κ1) is 22.6. The summed E-state index contributed by atoms with van der Waals surface area (Å²) in [4.78, 5) is 22.8. The third-order valence-electron chi connectivity index (χ3n) is 4.92. The number of ether oxygens (including phenoxy) is 3. The van der Waals surface area contributed by atoms with Crippen LogP contribution in [0.4, 0.5) is 5.69 Å². The summed E-state index contributed by atoms with van der Waals surface area (Å²) in [6.45, 7) is 1.89. The first-order chi connectivity index (χ1) is 14.9. The molecule has 1 aliphatic rings. The lowest BCUT2D eigenvalue weighted by Crippen LogP contribution is -2.40. The van der Waals surface area contributed by atoms with Gasteiger partial charge in [0.25, 0.3) is 0 Å². The molecule has 0 saturated carbocycles. The number of carbonyl (C=O) groups excluding carboxylic acids is 1. The fourth-order valence-corrected chi connectivity index (χ4v) is 3.46. The molecule has 0 aromatic heterocycles. The lowest BCUT2D eigenvalue weighted by Gasteiger charge is -2.23. The maximum absolute atomic E-state index is 11.7. The number of carboxylic acids is 1. The van der Waals surface area contributed by atoms with E-state index in [1.54, 1.807) is 42.5 Å². The van der Waals surface area contributed by atoms with Gasteiger partial charge in [-0.05, 0) is 42.7 Å². The average molecular weight is 429 g/mol. The lowest BCUT2D eigenvalue weighted by atomic mass is 9.91. The molecule has 2 unspecified atom stereocenters. The topological polar surface area (TPSA) is 114 Å². The van der Waals surface area contributed by atoms with Crippen molar-refractivity contribution in [3.63, 3.8) is 0 Å². The minimum atomic E-state index is -1.18. The Kier molecular flexibility index (Phi) is 7.49. The highest BCUT2D eigenvalue weighted by Gasteiger charge is 2.42. The summed E-state index contributed by atoms with van der Waals surface area (Å²) >= 11 is 0. The van der Waals surface area contributed by atoms with Gasteiger partial charge in [-0.3, -0.25) is 4.79 Å². The van der Waals surface area contributed by atoms with E-state index in [-0.39, 0.29) is 25.5 Å². The number of nitrogens with one attached hydrogen (secondary N) is 1. The Morgan fingerprint density at radius 2 is 1.81 bits per heavy atom. The molecule has 0 radical (unpaired) electrons. The summed E-state index contributed by atoms with van der Waals surface area (Å²) < 4.78 is 16.8. The summed E-state index contributed by atoms with van der Waals surface area (Å²) in [6, 6.07) is 14.0. The van der Waals surface area contributed by atoms with Crippen molar-refractivity contribution in [3.05, 3.63) is 54.1 Å². The Morgan fingerprint density at radius 1 is 1.13 bits per heavy atom. The number of hydrogen-bond acceptors (Lipinski definition) is 6. The van der Waals surface area contributed by atoms with Crippen LogP contribution in [-0.2, 0) is 20.7 Å². The first-order valence-electron chi connectivity index (χ1n) is 10.1. The second kappa shape index (κ2) is 10.3. The third-order valence-corrected chi connectivity index (χ3v) is 4.92. The highest BCUT2D eigenvalue weighted by atomic mass is 16.5. The van der Waals surface area contributed by atoms with Crippen molar-refractivity contribution in [3.8, 4) is 11.5 Å². The quantitative estimate of drug-likeness (QED) is 0.532. The molecule has 8 nitrogen and oxygen atoms in total. The largest absolute Gasteiger partial charge is 0.491 e. The fourth-order valence-electron chi connectivity index (χ4n) is 3.46. The van der Waals surface area contributed by atoms with Gasteiger partial charge >= 0.3 is 5.97 Å². The van der Waals surface area contributed by atoms with Crippen LogP contribution in [0.2, 0.25) is 0 Å². The molecule has 8 heteroatoms. The number of carboxylic acid groups (broad SMARTS) is 1. The van der Waals surface area contributed by atoms with Crippen molar-refractivity contribution in [2.24, 2.45) is 0 Å². The summed E-state index contributed by atoms with van der Waals surface area (Å²) in [5.74, 6) is -0.0846. The molecular formula is C23H27NO7. The highest BCUT2D eigenvalue weighted by molar-refractivity contribution is 5.88. The van der Waals surface area contributed by atoms with Gasteiger partial charge in [0.15, 0.2) is 5.60 Å². The Morgan fingerprint density at radius 3 is 2.42 bits per heavy atom. The normalized spacial score (nSPS) is 18.9. The fraction of sp³-hybridized carbons (Fsp3) is 0.391. The van der Waals surface area contributed by atoms with E-state index in [1.807, 2.05) is 6.07 Å². The maximum atomic E-state index is 11.7. The summed E-state index contributed by atoms with van der Waals surface area (Å²) in [7, 11) is 0. The molecular weight excluding hydrogens is 402 g/mol. The average Bonchev–Trinajstić information content (AvgIpc) is 3.21. The van der Waals surface area contributed by atoms with Crippen molar-refractivity contribution < 1.29 is 34.0 Å². The third kappa shape index (κ3) is 6.44. The van der Waals surface area contributed by atoms with E-state index in [4.69, 9.17) is 14.2 Å². The molecule has 2 aromatic carbocycles. The van der Waals surface area contributed by atoms with Crippen LogP contribution in [0.3, 0.4) is 0 Å². The van der Waals surface area contributed by atoms with E-state index >= 15 is 0 Å². The van der Waals surface area contributed by atoms with E-state index in [9.17, 15) is 19.8 Å². The number of anilines is 1. The van der Waals surface area contributed by atoms with Gasteiger partial charge in [-0.15, -0.1) is 0 Å². The molecule has 0 aliphatic carbocycles. The van der Waals surface area contributed by atoms with Crippen LogP contribution in [0.15, 0.2) is 48.5 Å². The van der Waals surface area contributed by atoms with Crippen LogP contribution in [0.5, 0.6) is 11.5 Å². The molecule has 1 saturated heterocycles. The molecule has 1 heterocycles. The van der Waals surface area contributed by atoms with Gasteiger partial charge in [0, 0.05) is 31.7 Å². The van der Waals surface area contributed by atoms with Gasteiger partial charge in [-0.25, -0.2) is 4.79 Å². The van der Waals surface area contributed by atoms with Gasteiger partial charge in [0.1, 0.15) is 30.8 Å². The molecule has 1 aliphatic heterocycles. The second-order valence-corrected chi connectivity index (χ2v) is 7.56. The van der Waals surface area contributed by atoms with Crippen molar-refractivity contribution in [2.75, 3.05) is 25.1 Å². The second-order valence-electron chi connectivity index (χ2n) is 7.56. The zero-order chi connectivity index (χ0) is 22.3. The number of rotatable bonds is 10. The van der Waals surface area contributed by atoms with Gasteiger partial charge in [-0.2, -0.15) is 0 Å². The first-order valence-corrected chi connectivity index (χ1v) is 10.1. The Labute approximate surface area is 180 Å². The van der Waals surface area contributed by atoms with E-state index in [2.05, 4.69) is 5.32 Å². The number of carbonyl (C=O) groups is 2. The molecule has 1 fully saturated rings. The number of aliphatic carboxylic acids is 1. The number of aliphatic hydroxyl groups is 1. The monoisotopic (exact) mass is 429 g/mol. The molecule has 3 rings (SSSR count). The minimum absolute atomic E-state index is 0.00934. The molecule has 3 N–H and O–H groups in total. The maximum Gasteiger partial charge on any atom is 0.336 e. The lowest BCUT2D eigenvalue weighted by molar-refractivity contribution is -0.159. The van der Waals surface area contributed by atoms with Gasteiger partial charge in [0.05, 0.1) is 0 Å². The van der Waals surface area contributed by atoms with Gasteiger partial charge < -0.3 is 29.7 Å². The Bertz CT molecular complexity index is 908. The molecule has 2 aromatic rings. The summed E-state index contributed by atoms with van der Waals surface area (Å²) in [5, 5.41) is 22.4. The van der Waals surface area contributed by atoms with E-state index in [1.165, 1.54) is 6.92 Å². The number of hydrogen-bond donors (Lipinski definition) is 3. The number of benzene rings is 2. The van der Waals surface area contributed by atoms with Crippen molar-refractivity contribution >= 4 is 17.6 Å². The number of aliphatic hydroxyl groups excluding tert-OH is 1. The Balaban J connectivity index is 1.50. The van der Waals surface area contributed by atoms with Crippen LogP contribution in [0, 0.1) is 0 Å². The highest BCUT2D eigenvalue weighted by Crippen LogP contribution is 2.31. The molecule has 0 bridgehead atoms. The molecule has 1 amide bonds. The van der Waals surface area contributed by atoms with Crippen molar-refractivity contribution in [2.45, 2.75) is 37.9 Å². The van der Waals surface area contributed by atoms with Crippen molar-refractivity contribution in [1.82, 2.24) is 0 Å². The van der Waals surface area contributed by atoms with E-state index in [0.29, 0.717) is 30.2 Å². The predicted molar refractivity (Wildman–Crippen MR) is 113 cm³/mol. The SMILES string of the molecule is CC(=O)Nc1cccc(OCC(O)COc2cccc(CC3(C(=O)O)CCCO3)c2)c1. The van der Waals surface area contributed by atoms with Crippen LogP contribution in [0.1, 0.15) is 25.3 Å². The Hall–Kier alpha value is -3.10. The minimum Gasteiger partial charge on any atom is -0.491 e. The van der Waals surface area contributed by atoms with Gasteiger partial charge in [-0.1, -0.05) is 18.2 Å². The zero-order valence-electron chi connectivity index (χ0n) is 17.4. The number of amides is 1. The molecule has 166 valence electrons. The standard InChI is InChI=1S/C23H27NO7/c1-16(25)24-18-6-3-8-21(12-18)30-15-19(26)14-29-20-7-2-5-17(11-20)13-23(22(27)28)9-4-10-31-23/h2-3,5-8,11-12,19,26H,4,9-10,13-15H2,1H3,(H,24,25)(H,27,28). The van der Waals surface area contributed by atoms with E-state index in [0.717, 1.165) is 12.0 Å². The van der Waals surface area contributed by atoms with E-state index < -0.39 is 17.7 Å². The zero-order valence-corrected chi connectivity index (χ0v) is 17.4. The van der Waals surface area contributed by atoms with Crippen LogP contribution >= 0.6 is 0 Å². The molecule has 0 spiro atoms. The van der Waals surface area contributed by atoms with Gasteiger partial charge in [0.2, 0.25) is 5.91 Å². The predicted octanol–water partition coefficient (Wildman–Crippen LogP) is 2.64. The van der Waals surface area contributed by atoms with Crippen LogP contribution in [-0.4, -0.2) is 53.6 Å². The summed E-state index contributed by atoms with van der Waals surface area (Å²) in [6.07, 6.45) is 0.585. The van der Waals surface area contributed by atoms with Crippen LogP contribution in [0.25, 0.3) is 0 Å². The van der Waals surface area contributed by atoms with Crippen LogP contribution < -0.4 is 14.8 Å².